The van der Waals surface area contributed by atoms with Gasteiger partial charge in [-0.15, -0.1) is 0 Å². The lowest BCUT2D eigenvalue weighted by Crippen LogP contribution is -2.20. The molecule has 0 atom stereocenters. The van der Waals surface area contributed by atoms with E-state index in [1.807, 2.05) is 6.07 Å². The van der Waals surface area contributed by atoms with Gasteiger partial charge in [0.2, 0.25) is 5.91 Å². The zero-order valence-corrected chi connectivity index (χ0v) is 10.5. The highest BCUT2D eigenvalue weighted by atomic mass is 16.6. The molecule has 1 aromatic carbocycles. The summed E-state index contributed by atoms with van der Waals surface area (Å²) in [6.07, 6.45) is 4.11. The highest BCUT2D eigenvalue weighted by Gasteiger charge is 2.22. The van der Waals surface area contributed by atoms with E-state index >= 15 is 0 Å². The Morgan fingerprint density at radius 2 is 2.15 bits per heavy atom. The number of rotatable bonds is 2. The Morgan fingerprint density at radius 1 is 1.30 bits per heavy atom. The molecule has 1 amide bonds. The van der Waals surface area contributed by atoms with Crippen LogP contribution in [0, 0.1) is 10.1 Å². The Hall–Kier alpha value is -2.76. The summed E-state index contributed by atoms with van der Waals surface area (Å²) >= 11 is 0. The lowest BCUT2D eigenvalue weighted by Gasteiger charge is -2.20. The Kier molecular flexibility index (Phi) is 2.90. The number of aryl methyl sites for hydroxylation is 1. The largest absolute Gasteiger partial charge is 0.325 e. The maximum atomic E-state index is 11.6. The number of nitro groups is 1. The maximum Gasteiger partial charge on any atom is 0.270 e. The number of aromatic nitrogens is 1. The second-order valence-corrected chi connectivity index (χ2v) is 4.57. The third kappa shape index (κ3) is 2.11. The Morgan fingerprint density at radius 3 is 2.85 bits per heavy atom. The lowest BCUT2D eigenvalue weighted by molar-refractivity contribution is -0.384. The summed E-state index contributed by atoms with van der Waals surface area (Å²) in [6, 6.07) is 6.56. The number of carbonyl (C=O) groups excluding carboxylic acids is 1. The number of benzene rings is 1. The number of fused-ring (bicyclic) bond motifs is 1. The summed E-state index contributed by atoms with van der Waals surface area (Å²) in [6.45, 7) is 0. The van der Waals surface area contributed by atoms with E-state index in [4.69, 9.17) is 0 Å². The van der Waals surface area contributed by atoms with E-state index in [0.29, 0.717) is 24.1 Å². The van der Waals surface area contributed by atoms with Gasteiger partial charge in [-0.3, -0.25) is 19.9 Å². The molecule has 0 fully saturated rings. The van der Waals surface area contributed by atoms with Gasteiger partial charge >= 0.3 is 0 Å². The van der Waals surface area contributed by atoms with Crippen LogP contribution in [0.3, 0.4) is 0 Å². The van der Waals surface area contributed by atoms with Crippen molar-refractivity contribution in [2.45, 2.75) is 12.8 Å². The average Bonchev–Trinajstić information content (AvgIpc) is 2.47. The SMILES string of the molecule is O=C1CCc2cc([N+](=O)[O-])cc(-c3cccnc3)c2N1. The summed E-state index contributed by atoms with van der Waals surface area (Å²) in [7, 11) is 0. The summed E-state index contributed by atoms with van der Waals surface area (Å²) in [5, 5.41) is 13.8. The molecule has 6 heteroatoms. The summed E-state index contributed by atoms with van der Waals surface area (Å²) < 4.78 is 0. The number of nitrogens with one attached hydrogen (secondary N) is 1. The fourth-order valence-corrected chi connectivity index (χ4v) is 2.34. The van der Waals surface area contributed by atoms with Crippen molar-refractivity contribution in [2.75, 3.05) is 5.32 Å². The number of anilines is 1. The van der Waals surface area contributed by atoms with E-state index in [0.717, 1.165) is 11.1 Å². The second-order valence-electron chi connectivity index (χ2n) is 4.57. The first-order chi connectivity index (χ1) is 9.65. The summed E-state index contributed by atoms with van der Waals surface area (Å²) in [4.78, 5) is 26.2. The third-order valence-electron chi connectivity index (χ3n) is 3.27. The standard InChI is InChI=1S/C14H11N3O3/c18-13-4-3-9-6-11(17(19)20)7-12(14(9)16-13)10-2-1-5-15-8-10/h1-2,5-8H,3-4H2,(H,16,18). The summed E-state index contributed by atoms with van der Waals surface area (Å²) in [5.74, 6) is -0.0727. The first kappa shape index (κ1) is 12.3. The van der Waals surface area contributed by atoms with Gasteiger partial charge in [-0.2, -0.15) is 0 Å². The summed E-state index contributed by atoms with van der Waals surface area (Å²) in [5.41, 5.74) is 2.85. The van der Waals surface area contributed by atoms with Gasteiger partial charge in [-0.1, -0.05) is 6.07 Å². The van der Waals surface area contributed by atoms with Crippen molar-refractivity contribution in [3.63, 3.8) is 0 Å². The van der Waals surface area contributed by atoms with Crippen molar-refractivity contribution in [2.24, 2.45) is 0 Å². The van der Waals surface area contributed by atoms with Crippen molar-refractivity contribution in [1.29, 1.82) is 0 Å². The molecule has 0 saturated heterocycles. The van der Waals surface area contributed by atoms with Gasteiger partial charge in [0.1, 0.15) is 0 Å². The molecular formula is C14H11N3O3. The van der Waals surface area contributed by atoms with Crippen LogP contribution in [-0.4, -0.2) is 15.8 Å². The van der Waals surface area contributed by atoms with Gasteiger partial charge in [0.25, 0.3) is 5.69 Å². The van der Waals surface area contributed by atoms with Crippen molar-refractivity contribution in [1.82, 2.24) is 4.98 Å². The van der Waals surface area contributed by atoms with E-state index in [2.05, 4.69) is 10.3 Å². The number of nitrogens with zero attached hydrogens (tertiary/aromatic N) is 2. The van der Waals surface area contributed by atoms with E-state index in [-0.39, 0.29) is 11.6 Å². The van der Waals surface area contributed by atoms with Crippen LogP contribution >= 0.6 is 0 Å². The number of pyridine rings is 1. The second kappa shape index (κ2) is 4.73. The maximum absolute atomic E-state index is 11.6. The van der Waals surface area contributed by atoms with E-state index in [9.17, 15) is 14.9 Å². The number of carbonyl (C=O) groups is 1. The molecule has 2 heterocycles. The predicted octanol–water partition coefficient (Wildman–Crippen LogP) is 2.54. The first-order valence-corrected chi connectivity index (χ1v) is 6.17. The van der Waals surface area contributed by atoms with Gasteiger partial charge < -0.3 is 5.32 Å². The fraction of sp³-hybridized carbons (Fsp3) is 0.143. The van der Waals surface area contributed by atoms with Crippen molar-refractivity contribution >= 4 is 17.3 Å². The molecule has 0 aliphatic carbocycles. The highest BCUT2D eigenvalue weighted by molar-refractivity contribution is 5.99. The molecule has 2 aromatic rings. The number of amides is 1. The minimum atomic E-state index is -0.420. The fourth-order valence-electron chi connectivity index (χ4n) is 2.34. The molecule has 0 spiro atoms. The van der Waals surface area contributed by atoms with Gasteiger partial charge in [0.05, 0.1) is 10.6 Å². The molecular weight excluding hydrogens is 258 g/mol. The quantitative estimate of drug-likeness (QED) is 0.670. The molecule has 20 heavy (non-hydrogen) atoms. The lowest BCUT2D eigenvalue weighted by atomic mass is 9.95. The van der Waals surface area contributed by atoms with Crippen LogP contribution in [0.25, 0.3) is 11.1 Å². The van der Waals surface area contributed by atoms with Gasteiger partial charge in [-0.05, 0) is 18.1 Å². The molecule has 0 saturated carbocycles. The molecule has 0 bridgehead atoms. The van der Waals surface area contributed by atoms with Crippen LogP contribution in [0.15, 0.2) is 36.7 Å². The van der Waals surface area contributed by atoms with Crippen LogP contribution in [0.5, 0.6) is 0 Å². The zero-order chi connectivity index (χ0) is 14.1. The Bertz CT molecular complexity index is 698. The topological polar surface area (TPSA) is 85.1 Å². The van der Waals surface area contributed by atoms with Crippen LogP contribution in [-0.2, 0) is 11.2 Å². The number of non-ortho nitro benzene ring substituents is 1. The van der Waals surface area contributed by atoms with Gasteiger partial charge in [0, 0.05) is 42.1 Å². The molecule has 1 N–H and O–H groups in total. The molecule has 100 valence electrons. The van der Waals surface area contributed by atoms with E-state index in [1.54, 1.807) is 18.5 Å². The third-order valence-corrected chi connectivity index (χ3v) is 3.27. The molecule has 6 nitrogen and oxygen atoms in total. The normalized spacial score (nSPS) is 13.5. The molecule has 1 aromatic heterocycles. The van der Waals surface area contributed by atoms with Crippen LogP contribution in [0.4, 0.5) is 11.4 Å². The number of nitro benzene ring substituents is 1. The molecule has 1 aliphatic rings. The predicted molar refractivity (Wildman–Crippen MR) is 73.3 cm³/mol. The monoisotopic (exact) mass is 269 g/mol. The van der Waals surface area contributed by atoms with Gasteiger partial charge in [-0.25, -0.2) is 0 Å². The Labute approximate surface area is 114 Å². The Balaban J connectivity index is 2.23. The van der Waals surface area contributed by atoms with Crippen molar-refractivity contribution in [3.05, 3.63) is 52.3 Å². The highest BCUT2D eigenvalue weighted by Crippen LogP contribution is 2.37. The molecule has 0 radical (unpaired) electrons. The minimum absolute atomic E-state index is 0.0266. The minimum Gasteiger partial charge on any atom is -0.325 e. The smallest absolute Gasteiger partial charge is 0.270 e. The van der Waals surface area contributed by atoms with Crippen LogP contribution < -0.4 is 5.32 Å². The average molecular weight is 269 g/mol. The number of hydrogen-bond acceptors (Lipinski definition) is 4. The van der Waals surface area contributed by atoms with Crippen LogP contribution in [0.1, 0.15) is 12.0 Å². The number of hydrogen-bond donors (Lipinski definition) is 1. The van der Waals surface area contributed by atoms with Crippen molar-refractivity contribution < 1.29 is 9.72 Å². The van der Waals surface area contributed by atoms with E-state index in [1.165, 1.54) is 12.1 Å². The van der Waals surface area contributed by atoms with Crippen LogP contribution in [0.2, 0.25) is 0 Å². The zero-order valence-electron chi connectivity index (χ0n) is 10.5. The van der Waals surface area contributed by atoms with Gasteiger partial charge in [0.15, 0.2) is 0 Å². The molecule has 0 unspecified atom stereocenters. The molecule has 1 aliphatic heterocycles. The molecule has 3 rings (SSSR count). The first-order valence-electron chi connectivity index (χ1n) is 6.17. The van der Waals surface area contributed by atoms with Crippen molar-refractivity contribution in [3.8, 4) is 11.1 Å². The van der Waals surface area contributed by atoms with E-state index < -0.39 is 4.92 Å².